The van der Waals surface area contributed by atoms with Gasteiger partial charge in [0.1, 0.15) is 13.2 Å². The summed E-state index contributed by atoms with van der Waals surface area (Å²) in [5.41, 5.74) is 0.898. The molecular formula is C17H16ClNO3S. The molecule has 3 rings (SSSR count). The molecule has 0 saturated heterocycles. The number of amides is 1. The van der Waals surface area contributed by atoms with Crippen LogP contribution in [0.3, 0.4) is 0 Å². The highest BCUT2D eigenvalue weighted by Gasteiger charge is 2.10. The van der Waals surface area contributed by atoms with E-state index in [4.69, 9.17) is 21.1 Å². The number of thiophene rings is 1. The molecule has 1 aliphatic rings. The second-order valence-electron chi connectivity index (χ2n) is 4.98. The average molecular weight is 350 g/mol. The monoisotopic (exact) mass is 349 g/mol. The maximum absolute atomic E-state index is 11.8. The van der Waals surface area contributed by atoms with Gasteiger partial charge in [-0.25, -0.2) is 0 Å². The van der Waals surface area contributed by atoms with Crippen LogP contribution in [-0.2, 0) is 11.2 Å². The molecule has 0 aliphatic carbocycles. The van der Waals surface area contributed by atoms with Crippen LogP contribution in [0, 0.1) is 0 Å². The molecule has 23 heavy (non-hydrogen) atoms. The van der Waals surface area contributed by atoms with E-state index in [2.05, 4.69) is 5.32 Å². The molecule has 1 aromatic heterocycles. The average Bonchev–Trinajstić information content (AvgIpc) is 2.98. The highest BCUT2D eigenvalue weighted by atomic mass is 35.5. The zero-order valence-electron chi connectivity index (χ0n) is 12.4. The Morgan fingerprint density at radius 2 is 2.04 bits per heavy atom. The molecular weight excluding hydrogens is 334 g/mol. The largest absolute Gasteiger partial charge is 0.486 e. The van der Waals surface area contributed by atoms with E-state index in [9.17, 15) is 4.79 Å². The Balaban J connectivity index is 1.50. The quantitative estimate of drug-likeness (QED) is 0.840. The SMILES string of the molecule is O=C(/C=C\c1ccc2c(c1)OCCO2)NCCc1ccc(Cl)s1. The molecule has 0 spiro atoms. The van der Waals surface area contributed by atoms with E-state index in [0.29, 0.717) is 25.5 Å². The number of fused-ring (bicyclic) bond motifs is 1. The number of nitrogens with one attached hydrogen (secondary N) is 1. The van der Waals surface area contributed by atoms with Crippen molar-refractivity contribution in [3.05, 3.63) is 51.2 Å². The molecule has 1 N–H and O–H groups in total. The summed E-state index contributed by atoms with van der Waals surface area (Å²) in [6.45, 7) is 1.70. The van der Waals surface area contributed by atoms with Crippen LogP contribution in [-0.4, -0.2) is 25.7 Å². The topological polar surface area (TPSA) is 47.6 Å². The number of halogens is 1. The molecule has 1 aromatic carbocycles. The van der Waals surface area contributed by atoms with Gasteiger partial charge in [0, 0.05) is 17.5 Å². The van der Waals surface area contributed by atoms with E-state index >= 15 is 0 Å². The Morgan fingerprint density at radius 3 is 2.83 bits per heavy atom. The zero-order chi connectivity index (χ0) is 16.1. The van der Waals surface area contributed by atoms with Crippen molar-refractivity contribution >= 4 is 34.9 Å². The van der Waals surface area contributed by atoms with Crippen molar-refractivity contribution in [1.82, 2.24) is 5.32 Å². The Labute approximate surface area is 143 Å². The summed E-state index contributed by atoms with van der Waals surface area (Å²) in [7, 11) is 0. The molecule has 0 atom stereocenters. The van der Waals surface area contributed by atoms with Crippen LogP contribution in [0.1, 0.15) is 10.4 Å². The summed E-state index contributed by atoms with van der Waals surface area (Å²) in [6.07, 6.45) is 4.06. The predicted molar refractivity (Wildman–Crippen MR) is 92.5 cm³/mol. The first-order chi connectivity index (χ1) is 11.2. The van der Waals surface area contributed by atoms with Crippen LogP contribution in [0.2, 0.25) is 4.34 Å². The maximum Gasteiger partial charge on any atom is 0.244 e. The van der Waals surface area contributed by atoms with Crippen molar-refractivity contribution in [2.45, 2.75) is 6.42 Å². The van der Waals surface area contributed by atoms with Gasteiger partial charge in [0.05, 0.1) is 4.34 Å². The van der Waals surface area contributed by atoms with Gasteiger partial charge in [0.2, 0.25) is 5.91 Å². The second kappa shape index (κ2) is 7.53. The van der Waals surface area contributed by atoms with Crippen molar-refractivity contribution in [3.8, 4) is 11.5 Å². The summed E-state index contributed by atoms with van der Waals surface area (Å²) in [5, 5.41) is 2.85. The van der Waals surface area contributed by atoms with E-state index in [0.717, 1.165) is 26.9 Å². The lowest BCUT2D eigenvalue weighted by molar-refractivity contribution is -0.116. The van der Waals surface area contributed by atoms with Crippen LogP contribution in [0.25, 0.3) is 6.08 Å². The molecule has 0 fully saturated rings. The van der Waals surface area contributed by atoms with E-state index in [1.165, 1.54) is 17.4 Å². The van der Waals surface area contributed by atoms with E-state index in [-0.39, 0.29) is 5.91 Å². The predicted octanol–water partition coefficient (Wildman–Crippen LogP) is 3.54. The minimum atomic E-state index is -0.123. The summed E-state index contributed by atoms with van der Waals surface area (Å²) >= 11 is 7.40. The summed E-state index contributed by atoms with van der Waals surface area (Å²) in [4.78, 5) is 13.0. The fourth-order valence-corrected chi connectivity index (χ4v) is 3.28. The Bertz CT molecular complexity index is 726. The fraction of sp³-hybridized carbons (Fsp3) is 0.235. The van der Waals surface area contributed by atoms with Crippen LogP contribution in [0.5, 0.6) is 11.5 Å². The third-order valence-electron chi connectivity index (χ3n) is 3.29. The molecule has 6 heteroatoms. The molecule has 0 saturated carbocycles. The molecule has 2 heterocycles. The molecule has 0 unspecified atom stereocenters. The first-order valence-electron chi connectivity index (χ1n) is 7.30. The lowest BCUT2D eigenvalue weighted by atomic mass is 10.2. The number of hydrogen-bond donors (Lipinski definition) is 1. The van der Waals surface area contributed by atoms with Gasteiger partial charge < -0.3 is 14.8 Å². The van der Waals surface area contributed by atoms with Gasteiger partial charge in [-0.1, -0.05) is 17.7 Å². The van der Waals surface area contributed by atoms with Crippen LogP contribution < -0.4 is 14.8 Å². The smallest absolute Gasteiger partial charge is 0.244 e. The standard InChI is InChI=1S/C17H16ClNO3S/c18-16-5-3-13(23-16)7-8-19-17(20)6-2-12-1-4-14-15(11-12)22-10-9-21-14/h1-6,11H,7-10H2,(H,19,20)/b6-2-. The van der Waals surface area contributed by atoms with Gasteiger partial charge >= 0.3 is 0 Å². The van der Waals surface area contributed by atoms with Crippen molar-refractivity contribution in [3.63, 3.8) is 0 Å². The van der Waals surface area contributed by atoms with E-state index in [1.54, 1.807) is 6.08 Å². The van der Waals surface area contributed by atoms with Crippen molar-refractivity contribution in [1.29, 1.82) is 0 Å². The van der Waals surface area contributed by atoms with Crippen LogP contribution in [0.4, 0.5) is 0 Å². The van der Waals surface area contributed by atoms with Gasteiger partial charge in [0.15, 0.2) is 11.5 Å². The third kappa shape index (κ3) is 4.50. The maximum atomic E-state index is 11.8. The minimum Gasteiger partial charge on any atom is -0.486 e. The number of carbonyl (C=O) groups excluding carboxylic acids is 1. The van der Waals surface area contributed by atoms with Crippen LogP contribution in [0.15, 0.2) is 36.4 Å². The summed E-state index contributed by atoms with van der Waals surface area (Å²) < 4.78 is 11.8. The first kappa shape index (κ1) is 15.9. The molecule has 0 radical (unpaired) electrons. The number of carbonyl (C=O) groups is 1. The van der Waals surface area contributed by atoms with E-state index in [1.807, 2.05) is 30.3 Å². The third-order valence-corrected chi connectivity index (χ3v) is 4.58. The second-order valence-corrected chi connectivity index (χ2v) is 6.78. The van der Waals surface area contributed by atoms with Crippen LogP contribution >= 0.6 is 22.9 Å². The number of rotatable bonds is 5. The summed E-state index contributed by atoms with van der Waals surface area (Å²) in [5.74, 6) is 1.34. The summed E-state index contributed by atoms with van der Waals surface area (Å²) in [6, 6.07) is 9.46. The normalized spacial score (nSPS) is 13.3. The number of hydrogen-bond acceptors (Lipinski definition) is 4. The van der Waals surface area contributed by atoms with Crippen molar-refractivity contribution < 1.29 is 14.3 Å². The fourth-order valence-electron chi connectivity index (χ4n) is 2.19. The number of ether oxygens (including phenoxy) is 2. The Kier molecular flexibility index (Phi) is 5.20. The van der Waals surface area contributed by atoms with Crippen molar-refractivity contribution in [2.75, 3.05) is 19.8 Å². The minimum absolute atomic E-state index is 0.123. The Morgan fingerprint density at radius 1 is 1.22 bits per heavy atom. The van der Waals surface area contributed by atoms with Crippen molar-refractivity contribution in [2.24, 2.45) is 0 Å². The molecule has 1 aliphatic heterocycles. The Hall–Kier alpha value is -1.98. The highest BCUT2D eigenvalue weighted by molar-refractivity contribution is 7.16. The lowest BCUT2D eigenvalue weighted by Crippen LogP contribution is -2.23. The molecule has 1 amide bonds. The molecule has 2 aromatic rings. The van der Waals surface area contributed by atoms with E-state index < -0.39 is 0 Å². The van der Waals surface area contributed by atoms with Gasteiger partial charge in [-0.3, -0.25) is 4.79 Å². The van der Waals surface area contributed by atoms with Gasteiger partial charge in [-0.2, -0.15) is 0 Å². The van der Waals surface area contributed by atoms with Gasteiger partial charge in [-0.15, -0.1) is 11.3 Å². The first-order valence-corrected chi connectivity index (χ1v) is 8.50. The van der Waals surface area contributed by atoms with Gasteiger partial charge in [0.25, 0.3) is 0 Å². The lowest BCUT2D eigenvalue weighted by Gasteiger charge is -2.18. The highest BCUT2D eigenvalue weighted by Crippen LogP contribution is 2.31. The molecule has 0 bridgehead atoms. The zero-order valence-corrected chi connectivity index (χ0v) is 14.0. The number of benzene rings is 1. The van der Waals surface area contributed by atoms with Gasteiger partial charge in [-0.05, 0) is 42.3 Å². The molecule has 4 nitrogen and oxygen atoms in total. The molecule has 120 valence electrons.